The van der Waals surface area contributed by atoms with Crippen molar-refractivity contribution in [2.75, 3.05) is 5.88 Å². The molecule has 1 rings (SSSR count). The maximum Gasteiger partial charge on any atom is 0.310 e. The molecule has 0 bridgehead atoms. The minimum atomic E-state index is -1.19. The van der Waals surface area contributed by atoms with Crippen molar-refractivity contribution < 1.29 is 9.90 Å². The van der Waals surface area contributed by atoms with E-state index in [-0.39, 0.29) is 5.88 Å². The Bertz CT molecular complexity index is 204. The predicted molar refractivity (Wildman–Crippen MR) is 44.4 cm³/mol. The van der Waals surface area contributed by atoms with Crippen LogP contribution in [-0.4, -0.2) is 21.3 Å². The second-order valence-corrected chi connectivity index (χ2v) is 4.60. The first-order valence-corrected chi connectivity index (χ1v) is 4.33. The van der Waals surface area contributed by atoms with E-state index >= 15 is 0 Å². The van der Waals surface area contributed by atoms with Crippen molar-refractivity contribution in [2.45, 2.75) is 11.3 Å². The first-order valence-electron chi connectivity index (χ1n) is 3.04. The minimum Gasteiger partial charge on any atom is -0.481 e. The number of carbonyl (C=O) groups is 1. The molecule has 0 radical (unpaired) electrons. The number of hydrogen-bond donors (Lipinski definition) is 1. The summed E-state index contributed by atoms with van der Waals surface area (Å²) in [6.07, 6.45) is 0. The molecule has 1 fully saturated rings. The van der Waals surface area contributed by atoms with Gasteiger partial charge in [0.05, 0.1) is 5.92 Å². The lowest BCUT2D eigenvalue weighted by molar-refractivity contribution is -0.139. The summed E-state index contributed by atoms with van der Waals surface area (Å²) >= 11 is 17.0. The molecule has 0 aromatic rings. The average molecular weight is 217 g/mol. The van der Waals surface area contributed by atoms with Gasteiger partial charge in [-0.2, -0.15) is 0 Å². The van der Waals surface area contributed by atoms with Gasteiger partial charge in [0.25, 0.3) is 0 Å². The zero-order chi connectivity index (χ0) is 8.86. The van der Waals surface area contributed by atoms with Crippen LogP contribution < -0.4 is 0 Å². The third kappa shape index (κ3) is 1.04. The van der Waals surface area contributed by atoms with Crippen LogP contribution in [0.25, 0.3) is 0 Å². The lowest BCUT2D eigenvalue weighted by Crippen LogP contribution is -2.07. The third-order valence-corrected chi connectivity index (χ3v) is 4.06. The summed E-state index contributed by atoms with van der Waals surface area (Å²) in [6.45, 7) is 1.67. The molecular weight excluding hydrogens is 210 g/mol. The molecule has 1 aliphatic rings. The average Bonchev–Trinajstić information content (AvgIpc) is 2.29. The van der Waals surface area contributed by atoms with Gasteiger partial charge in [0.15, 0.2) is 0 Å². The zero-order valence-corrected chi connectivity index (χ0v) is 8.04. The summed E-state index contributed by atoms with van der Waals surface area (Å²) < 4.78 is -1.19. The summed E-state index contributed by atoms with van der Waals surface area (Å²) in [6, 6.07) is 0. The standard InChI is InChI=1S/C6H7Cl3O2/c1-5(2-7)3(4(10)11)6(5,8)9/h3H,2H2,1H3,(H,10,11)/t3-,5-/m1/s1. The first kappa shape index (κ1) is 9.43. The smallest absolute Gasteiger partial charge is 0.310 e. The van der Waals surface area contributed by atoms with Crippen molar-refractivity contribution in [1.82, 2.24) is 0 Å². The normalized spacial score (nSPS) is 40.2. The third-order valence-electron chi connectivity index (χ3n) is 2.20. The van der Waals surface area contributed by atoms with Gasteiger partial charge in [-0.05, 0) is 0 Å². The monoisotopic (exact) mass is 216 g/mol. The van der Waals surface area contributed by atoms with E-state index in [9.17, 15) is 4.79 Å². The summed E-state index contributed by atoms with van der Waals surface area (Å²) in [5, 5.41) is 8.63. The van der Waals surface area contributed by atoms with Crippen LogP contribution in [0.5, 0.6) is 0 Å². The number of alkyl halides is 3. The molecule has 0 heterocycles. The molecule has 5 heteroatoms. The molecule has 11 heavy (non-hydrogen) atoms. The first-order chi connectivity index (χ1) is 4.88. The summed E-state index contributed by atoms with van der Waals surface area (Å²) in [5.74, 6) is -1.56. The van der Waals surface area contributed by atoms with Crippen LogP contribution in [0.2, 0.25) is 0 Å². The highest BCUT2D eigenvalue weighted by Crippen LogP contribution is 2.69. The maximum absolute atomic E-state index is 10.5. The molecule has 0 spiro atoms. The van der Waals surface area contributed by atoms with Crippen molar-refractivity contribution in [3.05, 3.63) is 0 Å². The quantitative estimate of drug-likeness (QED) is 0.720. The van der Waals surface area contributed by atoms with E-state index in [0.717, 1.165) is 0 Å². The highest BCUT2D eigenvalue weighted by Gasteiger charge is 2.76. The van der Waals surface area contributed by atoms with Crippen molar-refractivity contribution in [3.63, 3.8) is 0 Å². The Balaban J connectivity index is 2.83. The van der Waals surface area contributed by atoms with E-state index in [0.29, 0.717) is 0 Å². The highest BCUT2D eigenvalue weighted by molar-refractivity contribution is 6.53. The molecule has 0 aromatic heterocycles. The molecule has 0 aliphatic heterocycles. The van der Waals surface area contributed by atoms with Gasteiger partial charge < -0.3 is 5.11 Å². The van der Waals surface area contributed by atoms with Crippen molar-refractivity contribution >= 4 is 40.8 Å². The van der Waals surface area contributed by atoms with Crippen LogP contribution >= 0.6 is 34.8 Å². The van der Waals surface area contributed by atoms with Gasteiger partial charge in [0.2, 0.25) is 0 Å². The molecule has 0 aromatic carbocycles. The largest absolute Gasteiger partial charge is 0.481 e. The molecule has 0 saturated heterocycles. The maximum atomic E-state index is 10.5. The molecule has 1 aliphatic carbocycles. The Morgan fingerprint density at radius 2 is 2.09 bits per heavy atom. The molecule has 1 N–H and O–H groups in total. The van der Waals surface area contributed by atoms with Gasteiger partial charge in [-0.1, -0.05) is 30.1 Å². The van der Waals surface area contributed by atoms with E-state index < -0.39 is 21.6 Å². The molecule has 0 amide bonds. The van der Waals surface area contributed by atoms with E-state index in [1.807, 2.05) is 0 Å². The number of carboxylic acid groups (broad SMARTS) is 1. The van der Waals surface area contributed by atoms with Gasteiger partial charge in [0.1, 0.15) is 4.33 Å². The van der Waals surface area contributed by atoms with Gasteiger partial charge in [0, 0.05) is 11.3 Å². The zero-order valence-electron chi connectivity index (χ0n) is 5.77. The van der Waals surface area contributed by atoms with Crippen LogP contribution in [0.1, 0.15) is 6.92 Å². The van der Waals surface area contributed by atoms with Gasteiger partial charge in [-0.25, -0.2) is 0 Å². The SMILES string of the molecule is C[C@@]1(CCl)[C@@H](C(=O)O)C1(Cl)Cl. The Hall–Kier alpha value is 0.340. The van der Waals surface area contributed by atoms with E-state index in [2.05, 4.69) is 0 Å². The lowest BCUT2D eigenvalue weighted by Gasteiger charge is -2.03. The Labute approximate surface area is 79.4 Å². The Morgan fingerprint density at radius 3 is 2.18 bits per heavy atom. The van der Waals surface area contributed by atoms with E-state index in [1.165, 1.54) is 0 Å². The highest BCUT2D eigenvalue weighted by atomic mass is 35.5. The molecule has 64 valence electrons. The van der Waals surface area contributed by atoms with Crippen LogP contribution in [0.4, 0.5) is 0 Å². The number of rotatable bonds is 2. The van der Waals surface area contributed by atoms with Crippen LogP contribution in [0, 0.1) is 11.3 Å². The second kappa shape index (κ2) is 2.41. The Kier molecular flexibility index (Phi) is 2.07. The fourth-order valence-electron chi connectivity index (χ4n) is 1.18. The predicted octanol–water partition coefficient (Wildman–Crippen LogP) is 2.12. The van der Waals surface area contributed by atoms with Crippen molar-refractivity contribution in [2.24, 2.45) is 11.3 Å². The lowest BCUT2D eigenvalue weighted by atomic mass is 10.1. The molecule has 2 atom stereocenters. The second-order valence-electron chi connectivity index (χ2n) is 2.95. The van der Waals surface area contributed by atoms with Crippen molar-refractivity contribution in [1.29, 1.82) is 0 Å². The fraction of sp³-hybridized carbons (Fsp3) is 0.833. The Morgan fingerprint density at radius 1 is 1.64 bits per heavy atom. The fourth-order valence-corrected chi connectivity index (χ4v) is 2.59. The summed E-state index contributed by atoms with van der Waals surface area (Å²) in [5.41, 5.74) is -0.677. The number of aliphatic carboxylic acids is 1. The van der Waals surface area contributed by atoms with E-state index in [4.69, 9.17) is 39.9 Å². The molecule has 2 nitrogen and oxygen atoms in total. The van der Waals surface area contributed by atoms with Crippen LogP contribution in [0.3, 0.4) is 0 Å². The molecular formula is C6H7Cl3O2. The van der Waals surface area contributed by atoms with Gasteiger partial charge >= 0.3 is 5.97 Å². The van der Waals surface area contributed by atoms with Gasteiger partial charge in [-0.15, -0.1) is 11.6 Å². The van der Waals surface area contributed by atoms with Crippen LogP contribution in [0.15, 0.2) is 0 Å². The number of hydrogen-bond acceptors (Lipinski definition) is 1. The summed E-state index contributed by atoms with van der Waals surface area (Å²) in [7, 11) is 0. The minimum absolute atomic E-state index is 0.164. The van der Waals surface area contributed by atoms with E-state index in [1.54, 1.807) is 6.92 Å². The summed E-state index contributed by atoms with van der Waals surface area (Å²) in [4.78, 5) is 10.5. The topological polar surface area (TPSA) is 37.3 Å². The molecule has 0 unspecified atom stereocenters. The van der Waals surface area contributed by atoms with Crippen molar-refractivity contribution in [3.8, 4) is 0 Å². The van der Waals surface area contributed by atoms with Gasteiger partial charge in [-0.3, -0.25) is 4.79 Å². The number of carboxylic acids is 1. The van der Waals surface area contributed by atoms with Crippen LogP contribution in [-0.2, 0) is 4.79 Å². The molecule has 1 saturated carbocycles. The number of halogens is 3.